The van der Waals surface area contributed by atoms with E-state index in [4.69, 9.17) is 9.84 Å². The molecule has 2 aliphatic heterocycles. The molecule has 0 aromatic rings. The summed E-state index contributed by atoms with van der Waals surface area (Å²) in [6.07, 6.45) is 0. The molecule has 1 N–H and O–H groups in total. The van der Waals surface area contributed by atoms with Gasteiger partial charge in [0, 0.05) is 11.3 Å². The van der Waals surface area contributed by atoms with E-state index >= 15 is 0 Å². The minimum absolute atomic E-state index is 0.0208. The van der Waals surface area contributed by atoms with Gasteiger partial charge in [-0.3, -0.25) is 0 Å². The lowest BCUT2D eigenvalue weighted by Crippen LogP contribution is -2.32. The first-order chi connectivity index (χ1) is 5.58. The molecular weight excluding hydrogens is 180 g/mol. The molecule has 70 valence electrons. The fraction of sp³-hybridized carbons (Fsp3) is 1.00. The van der Waals surface area contributed by atoms with Gasteiger partial charge >= 0.3 is 0 Å². The van der Waals surface area contributed by atoms with Crippen LogP contribution in [0.3, 0.4) is 0 Å². The highest BCUT2D eigenvalue weighted by Crippen LogP contribution is 2.41. The Balaban J connectivity index is 2.32. The fourth-order valence-corrected chi connectivity index (χ4v) is 4.57. The van der Waals surface area contributed by atoms with Crippen LogP contribution in [-0.2, 0) is 14.6 Å². The minimum Gasteiger partial charge on any atom is -0.396 e. The van der Waals surface area contributed by atoms with Crippen molar-refractivity contribution in [1.82, 2.24) is 0 Å². The van der Waals surface area contributed by atoms with Gasteiger partial charge in [-0.25, -0.2) is 8.42 Å². The molecule has 2 rings (SSSR count). The van der Waals surface area contributed by atoms with Crippen LogP contribution in [0.15, 0.2) is 0 Å². The highest BCUT2D eigenvalue weighted by Gasteiger charge is 2.53. The molecule has 0 amide bonds. The van der Waals surface area contributed by atoms with E-state index in [1.54, 1.807) is 0 Å². The van der Waals surface area contributed by atoms with Crippen molar-refractivity contribution in [1.29, 1.82) is 0 Å². The van der Waals surface area contributed by atoms with Crippen molar-refractivity contribution in [2.24, 2.45) is 11.3 Å². The summed E-state index contributed by atoms with van der Waals surface area (Å²) >= 11 is 0. The van der Waals surface area contributed by atoms with E-state index < -0.39 is 15.3 Å². The Morgan fingerprint density at radius 1 is 1.58 bits per heavy atom. The molecule has 12 heavy (non-hydrogen) atoms. The SMILES string of the molecule is O=S1(=O)C[C@@H]2COC[C@@]2(CO)C1. The van der Waals surface area contributed by atoms with Crippen LogP contribution in [0.25, 0.3) is 0 Å². The first-order valence-electron chi connectivity index (χ1n) is 3.97. The number of fused-ring (bicyclic) bond motifs is 1. The Labute approximate surface area is 71.5 Å². The third kappa shape index (κ3) is 1.08. The lowest BCUT2D eigenvalue weighted by molar-refractivity contribution is 0.104. The van der Waals surface area contributed by atoms with E-state index in [2.05, 4.69) is 0 Å². The first kappa shape index (κ1) is 8.47. The van der Waals surface area contributed by atoms with Crippen LogP contribution in [0.5, 0.6) is 0 Å². The molecule has 5 heteroatoms. The number of aliphatic hydroxyl groups is 1. The third-order valence-electron chi connectivity index (χ3n) is 2.85. The standard InChI is InChI=1S/C7H12O4S/c8-3-7-4-11-1-6(7)2-12(9,10)5-7/h6,8H,1-5H2/t6-,7-/m0/s1. The van der Waals surface area contributed by atoms with Gasteiger partial charge in [0.05, 0.1) is 31.3 Å². The van der Waals surface area contributed by atoms with Crippen molar-refractivity contribution in [3.8, 4) is 0 Å². The average molecular weight is 192 g/mol. The molecule has 0 aromatic carbocycles. The normalized spacial score (nSPS) is 44.6. The Morgan fingerprint density at radius 3 is 2.92 bits per heavy atom. The molecular formula is C7H12O4S. The van der Waals surface area contributed by atoms with Gasteiger partial charge in [-0.2, -0.15) is 0 Å². The van der Waals surface area contributed by atoms with Crippen LogP contribution in [-0.4, -0.2) is 44.9 Å². The Morgan fingerprint density at radius 2 is 2.33 bits per heavy atom. The van der Waals surface area contributed by atoms with Gasteiger partial charge in [-0.15, -0.1) is 0 Å². The highest BCUT2D eigenvalue weighted by molar-refractivity contribution is 7.91. The Kier molecular flexibility index (Phi) is 1.72. The summed E-state index contributed by atoms with van der Waals surface area (Å²) in [4.78, 5) is 0. The summed E-state index contributed by atoms with van der Waals surface area (Å²) in [7, 11) is -2.92. The fourth-order valence-electron chi connectivity index (χ4n) is 2.11. The van der Waals surface area contributed by atoms with Gasteiger partial charge < -0.3 is 9.84 Å². The second-order valence-corrected chi connectivity index (χ2v) is 5.90. The zero-order valence-electron chi connectivity index (χ0n) is 6.69. The van der Waals surface area contributed by atoms with Gasteiger partial charge in [0.15, 0.2) is 9.84 Å². The Bertz CT molecular complexity index is 284. The van der Waals surface area contributed by atoms with Crippen molar-refractivity contribution < 1.29 is 18.3 Å². The summed E-state index contributed by atoms with van der Waals surface area (Å²) in [5, 5.41) is 9.11. The molecule has 2 fully saturated rings. The van der Waals surface area contributed by atoms with Crippen LogP contribution in [0.1, 0.15) is 0 Å². The van der Waals surface area contributed by atoms with E-state index in [0.717, 1.165) is 0 Å². The third-order valence-corrected chi connectivity index (χ3v) is 4.78. The lowest BCUT2D eigenvalue weighted by atomic mass is 9.82. The summed E-state index contributed by atoms with van der Waals surface area (Å²) in [5.74, 6) is 0.307. The predicted octanol–water partition coefficient (Wildman–Crippen LogP) is -0.960. The molecule has 2 heterocycles. The van der Waals surface area contributed by atoms with Gasteiger partial charge in [-0.1, -0.05) is 0 Å². The maximum absolute atomic E-state index is 11.2. The summed E-state index contributed by atoms with van der Waals surface area (Å²) < 4.78 is 27.7. The van der Waals surface area contributed by atoms with E-state index in [0.29, 0.717) is 13.2 Å². The monoisotopic (exact) mass is 192 g/mol. The maximum Gasteiger partial charge on any atom is 0.151 e. The maximum atomic E-state index is 11.2. The van der Waals surface area contributed by atoms with Crippen molar-refractivity contribution in [2.75, 3.05) is 31.3 Å². The highest BCUT2D eigenvalue weighted by atomic mass is 32.2. The molecule has 0 aromatic heterocycles. The zero-order chi connectivity index (χ0) is 8.82. The topological polar surface area (TPSA) is 63.6 Å². The van der Waals surface area contributed by atoms with Crippen LogP contribution < -0.4 is 0 Å². The molecule has 2 aliphatic rings. The predicted molar refractivity (Wildman–Crippen MR) is 42.5 cm³/mol. The molecule has 2 saturated heterocycles. The molecule has 0 saturated carbocycles. The average Bonchev–Trinajstić information content (AvgIpc) is 2.40. The summed E-state index contributed by atoms with van der Waals surface area (Å²) in [6.45, 7) is 0.810. The second kappa shape index (κ2) is 2.43. The summed E-state index contributed by atoms with van der Waals surface area (Å²) in [6, 6.07) is 0. The largest absolute Gasteiger partial charge is 0.396 e. The van der Waals surface area contributed by atoms with E-state index in [9.17, 15) is 8.42 Å². The number of rotatable bonds is 1. The van der Waals surface area contributed by atoms with Crippen LogP contribution in [0, 0.1) is 11.3 Å². The first-order valence-corrected chi connectivity index (χ1v) is 5.79. The molecule has 0 unspecified atom stereocenters. The van der Waals surface area contributed by atoms with E-state index in [1.807, 2.05) is 0 Å². The van der Waals surface area contributed by atoms with E-state index in [1.165, 1.54) is 0 Å². The molecule has 0 aliphatic carbocycles. The van der Waals surface area contributed by atoms with Crippen molar-refractivity contribution in [2.45, 2.75) is 0 Å². The number of ether oxygens (including phenoxy) is 1. The molecule has 0 radical (unpaired) electrons. The van der Waals surface area contributed by atoms with Gasteiger partial charge in [0.1, 0.15) is 0 Å². The van der Waals surface area contributed by atoms with E-state index in [-0.39, 0.29) is 24.0 Å². The minimum atomic E-state index is -2.92. The number of aliphatic hydroxyl groups excluding tert-OH is 1. The Hall–Kier alpha value is -0.130. The van der Waals surface area contributed by atoms with Gasteiger partial charge in [0.2, 0.25) is 0 Å². The van der Waals surface area contributed by atoms with Crippen molar-refractivity contribution in [3.63, 3.8) is 0 Å². The number of sulfone groups is 1. The van der Waals surface area contributed by atoms with Crippen LogP contribution in [0.2, 0.25) is 0 Å². The van der Waals surface area contributed by atoms with Crippen LogP contribution in [0.4, 0.5) is 0 Å². The lowest BCUT2D eigenvalue weighted by Gasteiger charge is -2.21. The molecule has 4 nitrogen and oxygen atoms in total. The van der Waals surface area contributed by atoms with Gasteiger partial charge in [0.25, 0.3) is 0 Å². The van der Waals surface area contributed by atoms with Crippen molar-refractivity contribution in [3.05, 3.63) is 0 Å². The van der Waals surface area contributed by atoms with Crippen LogP contribution >= 0.6 is 0 Å². The van der Waals surface area contributed by atoms with Gasteiger partial charge in [-0.05, 0) is 0 Å². The summed E-state index contributed by atoms with van der Waals surface area (Å²) in [5.41, 5.74) is -0.473. The smallest absolute Gasteiger partial charge is 0.151 e. The molecule has 0 spiro atoms. The second-order valence-electron chi connectivity index (χ2n) is 3.79. The van der Waals surface area contributed by atoms with Crippen molar-refractivity contribution >= 4 is 9.84 Å². The number of hydrogen-bond donors (Lipinski definition) is 1. The number of hydrogen-bond acceptors (Lipinski definition) is 4. The zero-order valence-corrected chi connectivity index (χ0v) is 7.51. The molecule has 0 bridgehead atoms. The quantitative estimate of drug-likeness (QED) is 0.581. The molecule has 2 atom stereocenters.